The Bertz CT molecular complexity index is 2920. The molecule has 4 aromatic carbocycles. The van der Waals surface area contributed by atoms with Crippen molar-refractivity contribution in [2.75, 3.05) is 94.0 Å². The molecule has 1 aromatic heterocycles. The molecule has 376 valence electrons. The normalized spacial score (nSPS) is 18.3. The minimum Gasteiger partial charge on any atom is -0.489 e. The average molecular weight is 1240 g/mol. The number of likely N-dealkylation sites (tertiary alicyclic amines) is 1. The number of nitrogens with one attached hydrogen (secondary N) is 1. The molecule has 1 N–H and O–H groups in total. The van der Waals surface area contributed by atoms with Crippen molar-refractivity contribution in [3.05, 3.63) is 119 Å². The SMILES string of the molecule is C=C(F)C(=O)N1CCN(c2nc(OC[C@@H]3CCCN3CCCOCCOCCOc3c(Br)cc(C=C4C(=O)Nc5ccc(I)cc54)cc3Br)nc3c2CCN(c2cccc4cccc(Cl)c24)C3)C[C@@H]1CC#N. The Kier molecular flexibility index (Phi) is 17.3. The molecule has 2 atom stereocenters. The number of rotatable bonds is 19. The second-order valence-electron chi connectivity index (χ2n) is 18.0. The number of hydrogen-bond acceptors (Lipinski definition) is 12. The van der Waals surface area contributed by atoms with Crippen molar-refractivity contribution in [2.45, 2.75) is 50.7 Å². The van der Waals surface area contributed by atoms with Gasteiger partial charge in [0.2, 0.25) is 0 Å². The molecular weight excluding hydrogens is 1190 g/mol. The van der Waals surface area contributed by atoms with Crippen LogP contribution < -0.4 is 24.6 Å². The van der Waals surface area contributed by atoms with E-state index >= 15 is 0 Å². The highest BCUT2D eigenvalue weighted by Crippen LogP contribution is 2.40. The van der Waals surface area contributed by atoms with Crippen LogP contribution in [0.25, 0.3) is 22.4 Å². The summed E-state index contributed by atoms with van der Waals surface area (Å²) < 4.78 is 41.0. The predicted octanol–water partition coefficient (Wildman–Crippen LogP) is 10.2. The fourth-order valence-electron chi connectivity index (χ4n) is 9.93. The molecule has 5 heterocycles. The molecule has 4 aliphatic rings. The highest BCUT2D eigenvalue weighted by atomic mass is 127. The van der Waals surface area contributed by atoms with E-state index < -0.39 is 17.8 Å². The van der Waals surface area contributed by atoms with Crippen LogP contribution in [0.4, 0.5) is 21.6 Å². The fraction of sp³-hybridized carbons (Fsp3) is 0.377. The van der Waals surface area contributed by atoms with Gasteiger partial charge in [-0.2, -0.15) is 15.2 Å². The quantitative estimate of drug-likeness (QED) is 0.0477. The van der Waals surface area contributed by atoms with E-state index in [4.69, 9.17) is 40.5 Å². The number of benzene rings is 4. The summed E-state index contributed by atoms with van der Waals surface area (Å²) in [6, 6.07) is 24.0. The van der Waals surface area contributed by atoms with Crippen molar-refractivity contribution in [2.24, 2.45) is 0 Å². The maximum absolute atomic E-state index is 14.1. The van der Waals surface area contributed by atoms with Crippen LogP contribution in [0.5, 0.6) is 11.8 Å². The van der Waals surface area contributed by atoms with Crippen LogP contribution >= 0.6 is 66.1 Å². The van der Waals surface area contributed by atoms with Gasteiger partial charge in [-0.05, 0) is 146 Å². The molecular formula is C53H53Br2ClFIN8O6. The minimum atomic E-state index is -1.04. The van der Waals surface area contributed by atoms with Gasteiger partial charge in [0.05, 0.1) is 64.6 Å². The van der Waals surface area contributed by atoms with E-state index in [1.165, 1.54) is 4.90 Å². The van der Waals surface area contributed by atoms with Crippen LogP contribution in [0.2, 0.25) is 5.02 Å². The molecule has 9 rings (SSSR count). The molecule has 5 aromatic rings. The molecule has 4 aliphatic heterocycles. The molecule has 0 unspecified atom stereocenters. The number of aromatic nitrogens is 2. The molecule has 19 heteroatoms. The summed E-state index contributed by atoms with van der Waals surface area (Å²) in [5, 5.41) is 15.4. The summed E-state index contributed by atoms with van der Waals surface area (Å²) in [6.07, 6.45) is 5.47. The van der Waals surface area contributed by atoms with E-state index in [9.17, 15) is 19.2 Å². The van der Waals surface area contributed by atoms with Gasteiger partial charge in [0.1, 0.15) is 24.8 Å². The smallest absolute Gasteiger partial charge is 0.318 e. The van der Waals surface area contributed by atoms with Crippen LogP contribution in [-0.4, -0.2) is 123 Å². The minimum absolute atomic E-state index is 0.0439. The van der Waals surface area contributed by atoms with Crippen molar-refractivity contribution in [1.82, 2.24) is 19.8 Å². The highest BCUT2D eigenvalue weighted by molar-refractivity contribution is 14.1. The van der Waals surface area contributed by atoms with Gasteiger partial charge in [-0.25, -0.2) is 4.39 Å². The molecule has 2 fully saturated rings. The molecule has 0 aliphatic carbocycles. The Balaban J connectivity index is 0.758. The fourth-order valence-corrected chi connectivity index (χ4v) is 12.1. The largest absolute Gasteiger partial charge is 0.489 e. The number of anilines is 3. The summed E-state index contributed by atoms with van der Waals surface area (Å²) in [6.45, 7) is 9.83. The zero-order valence-electron chi connectivity index (χ0n) is 39.5. The Morgan fingerprint density at radius 1 is 0.958 bits per heavy atom. The summed E-state index contributed by atoms with van der Waals surface area (Å²) in [5.41, 5.74) is 6.03. The molecule has 0 bridgehead atoms. The number of ether oxygens (including phenoxy) is 4. The van der Waals surface area contributed by atoms with Crippen LogP contribution in [0.15, 0.2) is 88.1 Å². The third-order valence-corrected chi connectivity index (χ3v) is 15.5. The van der Waals surface area contributed by atoms with E-state index in [1.54, 1.807) is 0 Å². The van der Waals surface area contributed by atoms with Gasteiger partial charge in [0, 0.05) is 82.4 Å². The number of halogens is 5. The highest BCUT2D eigenvalue weighted by Gasteiger charge is 2.35. The molecule has 2 saturated heterocycles. The lowest BCUT2D eigenvalue weighted by atomic mass is 10.0. The van der Waals surface area contributed by atoms with Crippen LogP contribution in [0.1, 0.15) is 48.1 Å². The molecule has 72 heavy (non-hydrogen) atoms. The van der Waals surface area contributed by atoms with E-state index in [0.717, 1.165) is 95.2 Å². The first-order valence-electron chi connectivity index (χ1n) is 24.0. The zero-order valence-corrected chi connectivity index (χ0v) is 45.6. The van der Waals surface area contributed by atoms with E-state index in [1.807, 2.05) is 54.6 Å². The first kappa shape index (κ1) is 52.0. The van der Waals surface area contributed by atoms with Gasteiger partial charge in [-0.3, -0.25) is 14.5 Å². The number of carbonyl (C=O) groups excluding carboxylic acids is 2. The molecule has 0 radical (unpaired) electrons. The molecule has 14 nitrogen and oxygen atoms in total. The zero-order chi connectivity index (χ0) is 50.3. The lowest BCUT2D eigenvalue weighted by Crippen LogP contribution is -2.55. The predicted molar refractivity (Wildman–Crippen MR) is 293 cm³/mol. The third kappa shape index (κ3) is 12.0. The van der Waals surface area contributed by atoms with Crippen molar-refractivity contribution < 1.29 is 32.9 Å². The van der Waals surface area contributed by atoms with E-state index in [-0.39, 0.29) is 30.9 Å². The number of fused-ring (bicyclic) bond motifs is 3. The van der Waals surface area contributed by atoms with Crippen LogP contribution in [-0.2, 0) is 32.0 Å². The van der Waals surface area contributed by atoms with Gasteiger partial charge < -0.3 is 39.0 Å². The van der Waals surface area contributed by atoms with E-state index in [0.29, 0.717) is 88.6 Å². The maximum atomic E-state index is 14.1. The van der Waals surface area contributed by atoms with Crippen LogP contribution in [0, 0.1) is 14.9 Å². The molecule has 2 amide bonds. The number of hydrogen-bond donors (Lipinski definition) is 1. The summed E-state index contributed by atoms with van der Waals surface area (Å²) >= 11 is 16.3. The number of nitriles is 1. The first-order valence-corrected chi connectivity index (χ1v) is 27.1. The van der Waals surface area contributed by atoms with Gasteiger partial charge in [0.25, 0.3) is 11.8 Å². The van der Waals surface area contributed by atoms with Gasteiger partial charge >= 0.3 is 6.01 Å². The number of nitrogens with zero attached hydrogens (tertiary/aromatic N) is 7. The van der Waals surface area contributed by atoms with Gasteiger partial charge in [0.15, 0.2) is 5.83 Å². The number of piperazine rings is 1. The second-order valence-corrected chi connectivity index (χ2v) is 21.4. The van der Waals surface area contributed by atoms with Crippen LogP contribution in [0.3, 0.4) is 0 Å². The van der Waals surface area contributed by atoms with Gasteiger partial charge in [-0.15, -0.1) is 0 Å². The monoisotopic (exact) mass is 1240 g/mol. The standard InChI is InChI=1S/C53H53Br2ClFIN8O6/c1-33(57)52(68)66-20-19-65(30-37(66)13-15-59)50-39-14-18-64(47-10-3-7-35-6-2-9-44(56)48(35)47)31-46(39)61-53(62-50)72-32-38-8-4-16-63(38)17-5-21-69-22-23-70-24-25-71-49-42(54)27-34(28-43(49)55)26-41-40-29-36(58)11-12-45(40)60-51(41)67/h2-3,6-7,9-12,26-29,37-38H,1,4-5,8,13-14,16-25,30-32H2,(H,60,67)/t37-,38-/m0/s1. The Labute approximate surface area is 453 Å². The van der Waals surface area contributed by atoms with Crippen molar-refractivity contribution in [1.29, 1.82) is 5.26 Å². The molecule has 0 spiro atoms. The summed E-state index contributed by atoms with van der Waals surface area (Å²) in [7, 11) is 0. The topological polar surface area (TPSA) is 146 Å². The lowest BCUT2D eigenvalue weighted by Gasteiger charge is -2.42. The second kappa shape index (κ2) is 24.0. The average Bonchev–Trinajstić information content (AvgIpc) is 3.95. The summed E-state index contributed by atoms with van der Waals surface area (Å²) in [4.78, 5) is 43.8. The van der Waals surface area contributed by atoms with Crippen molar-refractivity contribution in [3.63, 3.8) is 0 Å². The lowest BCUT2D eigenvalue weighted by molar-refractivity contribution is -0.131. The number of amides is 2. The first-order chi connectivity index (χ1) is 34.9. The van der Waals surface area contributed by atoms with Crippen molar-refractivity contribution >= 4 is 117 Å². The number of carbonyl (C=O) groups is 2. The van der Waals surface area contributed by atoms with E-state index in [2.05, 4.69) is 105 Å². The molecule has 0 saturated carbocycles. The summed E-state index contributed by atoms with van der Waals surface area (Å²) in [5.74, 6) is -0.579. The van der Waals surface area contributed by atoms with Crippen molar-refractivity contribution in [3.8, 4) is 17.8 Å². The Hall–Kier alpha value is -4.88. The Morgan fingerprint density at radius 2 is 1.74 bits per heavy atom. The Morgan fingerprint density at radius 3 is 2.53 bits per heavy atom. The van der Waals surface area contributed by atoms with Gasteiger partial charge in [-0.1, -0.05) is 42.4 Å². The third-order valence-electron chi connectivity index (χ3n) is 13.4. The maximum Gasteiger partial charge on any atom is 0.318 e.